The molecule has 2 rings (SSSR count). The summed E-state index contributed by atoms with van der Waals surface area (Å²) in [6, 6.07) is 1.82. The average Bonchev–Trinajstić information content (AvgIpc) is 2.72. The second kappa shape index (κ2) is 4.92. The summed E-state index contributed by atoms with van der Waals surface area (Å²) < 4.78 is 1.67. The van der Waals surface area contributed by atoms with Gasteiger partial charge in [-0.15, -0.1) is 0 Å². The van der Waals surface area contributed by atoms with Gasteiger partial charge in [0.2, 0.25) is 0 Å². The number of amides is 1. The van der Waals surface area contributed by atoms with Gasteiger partial charge in [0.15, 0.2) is 0 Å². The predicted molar refractivity (Wildman–Crippen MR) is 61.4 cm³/mol. The number of hydrogen-bond donors (Lipinski definition) is 1. The Morgan fingerprint density at radius 2 is 2.35 bits per heavy atom. The van der Waals surface area contributed by atoms with Gasteiger partial charge in [-0.3, -0.25) is 14.5 Å². The maximum absolute atomic E-state index is 11.7. The number of rotatable bonds is 3. The van der Waals surface area contributed by atoms with Gasteiger partial charge in [-0.05, 0) is 6.07 Å². The van der Waals surface area contributed by atoms with Gasteiger partial charge in [0.05, 0.1) is 24.6 Å². The molecule has 0 aliphatic heterocycles. The van der Waals surface area contributed by atoms with E-state index in [1.54, 1.807) is 10.9 Å². The zero-order chi connectivity index (χ0) is 12.3. The van der Waals surface area contributed by atoms with Crippen LogP contribution in [-0.4, -0.2) is 25.7 Å². The molecule has 0 aliphatic carbocycles. The molecule has 0 aliphatic rings. The van der Waals surface area contributed by atoms with Gasteiger partial charge in [-0.1, -0.05) is 11.6 Å². The summed E-state index contributed by atoms with van der Waals surface area (Å²) >= 11 is 5.64. The summed E-state index contributed by atoms with van der Waals surface area (Å²) in [6.45, 7) is 0.341. The number of carbonyl (C=O) groups excluding carboxylic acids is 1. The van der Waals surface area contributed by atoms with Crippen LogP contribution in [-0.2, 0) is 13.6 Å². The van der Waals surface area contributed by atoms with Gasteiger partial charge in [0.25, 0.3) is 5.91 Å². The van der Waals surface area contributed by atoms with Gasteiger partial charge < -0.3 is 5.32 Å². The second-order valence-corrected chi connectivity index (χ2v) is 3.78. The number of nitrogens with one attached hydrogen (secondary N) is 1. The minimum absolute atomic E-state index is 0.188. The molecule has 0 aromatic carbocycles. The van der Waals surface area contributed by atoms with Crippen molar-refractivity contribution in [2.75, 3.05) is 0 Å². The van der Waals surface area contributed by atoms with E-state index < -0.39 is 0 Å². The lowest BCUT2D eigenvalue weighted by atomic mass is 10.4. The molecule has 2 heterocycles. The summed E-state index contributed by atoms with van der Waals surface area (Å²) in [5, 5.41) is 7.00. The molecule has 17 heavy (non-hydrogen) atoms. The molecular weight excluding hydrogens is 242 g/mol. The summed E-state index contributed by atoms with van der Waals surface area (Å²) in [4.78, 5) is 19.3. The van der Waals surface area contributed by atoms with E-state index in [4.69, 9.17) is 11.6 Å². The Morgan fingerprint density at radius 1 is 1.53 bits per heavy atom. The Kier molecular flexibility index (Phi) is 3.34. The van der Waals surface area contributed by atoms with Crippen LogP contribution in [0.5, 0.6) is 0 Å². The molecule has 0 atom stereocenters. The van der Waals surface area contributed by atoms with E-state index >= 15 is 0 Å². The van der Waals surface area contributed by atoms with Crippen LogP contribution in [0.25, 0.3) is 0 Å². The fourth-order valence-electron chi connectivity index (χ4n) is 1.27. The van der Waals surface area contributed by atoms with Crippen LogP contribution in [0.4, 0.5) is 0 Å². The van der Waals surface area contributed by atoms with Crippen LogP contribution in [0.3, 0.4) is 0 Å². The third-order valence-electron chi connectivity index (χ3n) is 2.04. The van der Waals surface area contributed by atoms with Gasteiger partial charge in [0, 0.05) is 13.2 Å². The molecule has 88 valence electrons. The molecule has 0 spiro atoms. The molecule has 0 radical (unpaired) electrons. The maximum atomic E-state index is 11.7. The van der Waals surface area contributed by atoms with E-state index in [2.05, 4.69) is 20.4 Å². The van der Waals surface area contributed by atoms with Crippen LogP contribution >= 0.6 is 11.6 Å². The highest BCUT2D eigenvalue weighted by Gasteiger charge is 2.08. The fraction of sp³-hybridized carbons (Fsp3) is 0.200. The molecular formula is C10H10ClN5O. The number of hydrogen-bond acceptors (Lipinski definition) is 4. The van der Waals surface area contributed by atoms with Crippen molar-refractivity contribution in [1.29, 1.82) is 0 Å². The first kappa shape index (κ1) is 11.5. The van der Waals surface area contributed by atoms with E-state index in [1.165, 1.54) is 12.4 Å². The number of halogens is 1. The van der Waals surface area contributed by atoms with Crippen LogP contribution < -0.4 is 5.32 Å². The highest BCUT2D eigenvalue weighted by atomic mass is 35.5. The van der Waals surface area contributed by atoms with E-state index in [9.17, 15) is 4.79 Å². The highest BCUT2D eigenvalue weighted by molar-refractivity contribution is 6.29. The largest absolute Gasteiger partial charge is 0.345 e. The smallest absolute Gasteiger partial charge is 0.271 e. The molecule has 1 N–H and O–H groups in total. The van der Waals surface area contributed by atoms with E-state index in [0.29, 0.717) is 6.54 Å². The molecule has 0 fully saturated rings. The third-order valence-corrected chi connectivity index (χ3v) is 2.22. The third kappa shape index (κ3) is 3.01. The quantitative estimate of drug-likeness (QED) is 0.876. The van der Waals surface area contributed by atoms with Crippen molar-refractivity contribution in [2.45, 2.75) is 6.54 Å². The van der Waals surface area contributed by atoms with Gasteiger partial charge in [-0.2, -0.15) is 5.10 Å². The summed E-state index contributed by atoms with van der Waals surface area (Å²) in [5.74, 6) is -0.328. The van der Waals surface area contributed by atoms with Crippen LogP contribution in [0.1, 0.15) is 16.2 Å². The molecule has 2 aromatic rings. The van der Waals surface area contributed by atoms with Crippen LogP contribution in [0.15, 0.2) is 24.7 Å². The molecule has 0 saturated heterocycles. The molecule has 2 aromatic heterocycles. The first-order chi connectivity index (χ1) is 8.15. The Labute approximate surface area is 103 Å². The Hall–Kier alpha value is -1.95. The fourth-order valence-corrected chi connectivity index (χ4v) is 1.42. The van der Waals surface area contributed by atoms with Crippen LogP contribution in [0, 0.1) is 0 Å². The lowest BCUT2D eigenvalue weighted by Gasteiger charge is -2.02. The standard InChI is InChI=1S/C10H10ClN5O/c1-16-3-2-7(15-16)4-13-10(17)8-5-12-6-9(11)14-8/h2-3,5-6H,4H2,1H3,(H,13,17). The lowest BCUT2D eigenvalue weighted by Crippen LogP contribution is -2.24. The zero-order valence-corrected chi connectivity index (χ0v) is 9.85. The minimum atomic E-state index is -0.328. The molecule has 6 nitrogen and oxygen atoms in total. The van der Waals surface area contributed by atoms with Crippen molar-refractivity contribution in [3.05, 3.63) is 41.2 Å². The first-order valence-electron chi connectivity index (χ1n) is 4.89. The first-order valence-corrected chi connectivity index (χ1v) is 5.27. The summed E-state index contributed by atoms with van der Waals surface area (Å²) in [5.41, 5.74) is 0.962. The zero-order valence-electron chi connectivity index (χ0n) is 9.09. The highest BCUT2D eigenvalue weighted by Crippen LogP contribution is 2.02. The van der Waals surface area contributed by atoms with Crippen LogP contribution in [0.2, 0.25) is 5.15 Å². The molecule has 0 unspecified atom stereocenters. The molecule has 1 amide bonds. The van der Waals surface area contributed by atoms with E-state index in [-0.39, 0.29) is 16.8 Å². The SMILES string of the molecule is Cn1ccc(CNC(=O)c2cncc(Cl)n2)n1. The Morgan fingerprint density at radius 3 is 3.00 bits per heavy atom. The summed E-state index contributed by atoms with van der Waals surface area (Å²) in [7, 11) is 1.81. The summed E-state index contributed by atoms with van der Waals surface area (Å²) in [6.07, 6.45) is 4.54. The molecule has 0 bridgehead atoms. The topological polar surface area (TPSA) is 72.7 Å². The van der Waals surface area contributed by atoms with Crippen molar-refractivity contribution in [1.82, 2.24) is 25.1 Å². The van der Waals surface area contributed by atoms with Crippen molar-refractivity contribution < 1.29 is 4.79 Å². The van der Waals surface area contributed by atoms with Gasteiger partial charge in [-0.25, -0.2) is 4.98 Å². The normalized spacial score (nSPS) is 10.2. The van der Waals surface area contributed by atoms with Gasteiger partial charge in [0.1, 0.15) is 10.8 Å². The lowest BCUT2D eigenvalue weighted by molar-refractivity contribution is 0.0945. The van der Waals surface area contributed by atoms with Crippen molar-refractivity contribution in [3.8, 4) is 0 Å². The second-order valence-electron chi connectivity index (χ2n) is 3.39. The number of aromatic nitrogens is 4. The van der Waals surface area contributed by atoms with Crippen molar-refractivity contribution in [2.24, 2.45) is 7.05 Å². The van der Waals surface area contributed by atoms with E-state index in [0.717, 1.165) is 5.69 Å². The van der Waals surface area contributed by atoms with Crippen molar-refractivity contribution in [3.63, 3.8) is 0 Å². The number of carbonyl (C=O) groups is 1. The molecule has 7 heteroatoms. The number of nitrogens with zero attached hydrogens (tertiary/aromatic N) is 4. The Bertz CT molecular complexity index is 539. The van der Waals surface area contributed by atoms with Gasteiger partial charge >= 0.3 is 0 Å². The minimum Gasteiger partial charge on any atom is -0.345 e. The Balaban J connectivity index is 1.98. The predicted octanol–water partition coefficient (Wildman–Crippen LogP) is 0.793. The molecule has 0 saturated carbocycles. The average molecular weight is 252 g/mol. The maximum Gasteiger partial charge on any atom is 0.271 e. The van der Waals surface area contributed by atoms with E-state index in [1.807, 2.05) is 13.1 Å². The number of aryl methyl sites for hydroxylation is 1. The van der Waals surface area contributed by atoms with Crippen molar-refractivity contribution >= 4 is 17.5 Å². The monoisotopic (exact) mass is 251 g/mol.